The maximum Gasteiger partial charge on any atom is 0.235 e. The van der Waals surface area contributed by atoms with E-state index in [1.807, 2.05) is 6.07 Å². The number of aromatic nitrogens is 1. The van der Waals surface area contributed by atoms with Crippen LogP contribution in [0.1, 0.15) is 49.3 Å². The fraction of sp³-hybridized carbons (Fsp3) is 0.318. The highest BCUT2D eigenvalue weighted by molar-refractivity contribution is 6.42. The van der Waals surface area contributed by atoms with E-state index in [2.05, 4.69) is 30.2 Å². The largest absolute Gasteiger partial charge is 0.480 e. The van der Waals surface area contributed by atoms with Crippen LogP contribution < -0.4 is 15.8 Å². The molecule has 0 spiro atoms. The number of methoxy groups -OCH3 is 1. The first-order chi connectivity index (χ1) is 14.2. The fourth-order valence-corrected chi connectivity index (χ4v) is 4.64. The van der Waals surface area contributed by atoms with Crippen molar-refractivity contribution in [3.8, 4) is 11.9 Å². The quantitative estimate of drug-likeness (QED) is 0.674. The predicted molar refractivity (Wildman–Crippen MR) is 117 cm³/mol. The number of nitrogens with two attached hydrogens (primary N) is 1. The molecule has 1 aliphatic heterocycles. The summed E-state index contributed by atoms with van der Waals surface area (Å²) in [4.78, 5) is 17.8. The monoisotopic (exact) mass is 442 g/mol. The minimum atomic E-state index is -0.514. The number of anilines is 2. The van der Waals surface area contributed by atoms with E-state index in [1.54, 1.807) is 12.1 Å². The van der Waals surface area contributed by atoms with Crippen LogP contribution in [0, 0.1) is 16.7 Å². The Kier molecular flexibility index (Phi) is 4.92. The van der Waals surface area contributed by atoms with Crippen LogP contribution in [0.4, 0.5) is 11.5 Å². The molecular formula is C22H20Cl2N4O2. The number of pyridine rings is 1. The van der Waals surface area contributed by atoms with Crippen molar-refractivity contribution in [1.29, 1.82) is 5.26 Å². The number of ketones is 1. The van der Waals surface area contributed by atoms with Crippen LogP contribution in [0.25, 0.3) is 0 Å². The number of carbonyl (C=O) groups excluding carboxylic acids is 1. The molecule has 0 saturated heterocycles. The van der Waals surface area contributed by atoms with Gasteiger partial charge in [-0.3, -0.25) is 4.79 Å². The summed E-state index contributed by atoms with van der Waals surface area (Å²) in [5, 5.41) is 13.7. The number of hydrogen-bond acceptors (Lipinski definition) is 6. The van der Waals surface area contributed by atoms with Crippen LogP contribution in [0.15, 0.2) is 29.5 Å². The zero-order chi connectivity index (χ0) is 21.8. The Bertz CT molecular complexity index is 1160. The zero-order valence-corrected chi connectivity index (χ0v) is 18.3. The molecule has 4 rings (SSSR count). The summed E-state index contributed by atoms with van der Waals surface area (Å²) >= 11 is 12.4. The van der Waals surface area contributed by atoms with E-state index in [1.165, 1.54) is 7.11 Å². The van der Waals surface area contributed by atoms with Crippen LogP contribution >= 0.6 is 23.2 Å². The number of rotatable bonds is 2. The number of Topliss-reactive ketones (excluding diaryl/α,β-unsaturated/α-hetero) is 1. The standard InChI is InChI=1S/C22H20Cl2N4O2/c1-22(2)7-14-17(15(29)8-22)16(10-4-5-12(23)13(24)6-10)18-19(26)11(9-25)21(30-3)28-20(18)27-14/h4-6,16H,7-8H2,1-3H3,(H3,26,27,28). The Labute approximate surface area is 184 Å². The number of allylic oxidation sites excluding steroid dienone is 2. The molecular weight excluding hydrogens is 423 g/mol. The Morgan fingerprint density at radius 2 is 2.03 bits per heavy atom. The van der Waals surface area contributed by atoms with E-state index in [4.69, 9.17) is 33.7 Å². The summed E-state index contributed by atoms with van der Waals surface area (Å²) in [5.74, 6) is 0.132. The fourth-order valence-electron chi connectivity index (χ4n) is 4.33. The van der Waals surface area contributed by atoms with Crippen molar-refractivity contribution in [2.45, 2.75) is 32.6 Å². The first-order valence-corrected chi connectivity index (χ1v) is 10.2. The Morgan fingerprint density at radius 3 is 2.67 bits per heavy atom. The molecule has 1 aromatic heterocycles. The van der Waals surface area contributed by atoms with Gasteiger partial charge in [0.2, 0.25) is 5.88 Å². The highest BCUT2D eigenvalue weighted by Gasteiger charge is 2.42. The van der Waals surface area contributed by atoms with Crippen LogP contribution in [0.5, 0.6) is 5.88 Å². The number of nitrogens with zero attached hydrogens (tertiary/aromatic N) is 2. The van der Waals surface area contributed by atoms with Crippen LogP contribution in [0.2, 0.25) is 10.0 Å². The first kappa shape index (κ1) is 20.5. The lowest BCUT2D eigenvalue weighted by Gasteiger charge is -2.39. The van der Waals surface area contributed by atoms with Crippen molar-refractivity contribution >= 4 is 40.5 Å². The summed E-state index contributed by atoms with van der Waals surface area (Å²) in [6.45, 7) is 4.11. The summed E-state index contributed by atoms with van der Waals surface area (Å²) in [5.41, 5.74) is 9.36. The van der Waals surface area contributed by atoms with Crippen molar-refractivity contribution in [3.63, 3.8) is 0 Å². The average Bonchev–Trinajstić information content (AvgIpc) is 2.67. The number of nitrogens with one attached hydrogen (secondary N) is 1. The van der Waals surface area contributed by atoms with E-state index in [-0.39, 0.29) is 28.3 Å². The van der Waals surface area contributed by atoms with Crippen LogP contribution in [-0.2, 0) is 4.79 Å². The number of halogens is 2. The first-order valence-electron chi connectivity index (χ1n) is 9.42. The van der Waals surface area contributed by atoms with E-state index in [0.29, 0.717) is 39.8 Å². The Balaban J connectivity index is 2.04. The van der Waals surface area contributed by atoms with Gasteiger partial charge in [0.15, 0.2) is 5.78 Å². The lowest BCUT2D eigenvalue weighted by Crippen LogP contribution is -2.34. The van der Waals surface area contributed by atoms with Crippen LogP contribution in [0.3, 0.4) is 0 Å². The molecule has 0 amide bonds. The number of ether oxygens (including phenoxy) is 1. The molecule has 8 heteroatoms. The summed E-state index contributed by atoms with van der Waals surface area (Å²) in [6, 6.07) is 7.31. The molecule has 30 heavy (non-hydrogen) atoms. The van der Waals surface area contributed by atoms with Gasteiger partial charge in [0, 0.05) is 29.2 Å². The molecule has 0 bridgehead atoms. The van der Waals surface area contributed by atoms with Crippen molar-refractivity contribution < 1.29 is 9.53 Å². The predicted octanol–water partition coefficient (Wildman–Crippen LogP) is 5.05. The molecule has 2 aliphatic rings. The van der Waals surface area contributed by atoms with Gasteiger partial charge in [0.1, 0.15) is 17.5 Å². The SMILES string of the molecule is COc1nc2c(c(N)c1C#N)C(c1ccc(Cl)c(Cl)c1)C1=C(CC(C)(C)CC1=O)N2. The van der Waals surface area contributed by atoms with Crippen LogP contribution in [-0.4, -0.2) is 17.9 Å². The number of nitriles is 1. The van der Waals surface area contributed by atoms with Crippen molar-refractivity contribution in [3.05, 3.63) is 56.2 Å². The maximum absolute atomic E-state index is 13.3. The van der Waals surface area contributed by atoms with Crippen molar-refractivity contribution in [2.24, 2.45) is 5.41 Å². The minimum Gasteiger partial charge on any atom is -0.480 e. The molecule has 1 atom stereocenters. The Morgan fingerprint density at radius 1 is 1.30 bits per heavy atom. The van der Waals surface area contributed by atoms with Gasteiger partial charge in [-0.05, 0) is 29.5 Å². The van der Waals surface area contributed by atoms with Gasteiger partial charge >= 0.3 is 0 Å². The maximum atomic E-state index is 13.3. The molecule has 1 aliphatic carbocycles. The molecule has 0 fully saturated rings. The highest BCUT2D eigenvalue weighted by atomic mass is 35.5. The minimum absolute atomic E-state index is 0.0317. The molecule has 2 aromatic rings. The summed E-state index contributed by atoms with van der Waals surface area (Å²) < 4.78 is 5.28. The molecule has 1 aromatic carbocycles. The molecule has 0 radical (unpaired) electrons. The van der Waals surface area contributed by atoms with Gasteiger partial charge in [0.25, 0.3) is 0 Å². The second kappa shape index (κ2) is 7.19. The zero-order valence-electron chi connectivity index (χ0n) is 16.8. The van der Waals surface area contributed by atoms with Gasteiger partial charge in [-0.2, -0.15) is 10.2 Å². The molecule has 2 heterocycles. The van der Waals surface area contributed by atoms with Gasteiger partial charge < -0.3 is 15.8 Å². The number of carbonyl (C=O) groups is 1. The second-order valence-corrected chi connectivity index (χ2v) is 9.16. The van der Waals surface area contributed by atoms with E-state index >= 15 is 0 Å². The van der Waals surface area contributed by atoms with Crippen molar-refractivity contribution in [2.75, 3.05) is 18.2 Å². The lowest BCUT2D eigenvalue weighted by molar-refractivity contribution is -0.118. The second-order valence-electron chi connectivity index (χ2n) is 8.35. The average molecular weight is 443 g/mol. The molecule has 154 valence electrons. The van der Waals surface area contributed by atoms with Gasteiger partial charge in [-0.15, -0.1) is 0 Å². The third-order valence-corrected chi connectivity index (χ3v) is 6.33. The molecule has 3 N–H and O–H groups in total. The molecule has 0 saturated carbocycles. The number of fused-ring (bicyclic) bond motifs is 1. The highest BCUT2D eigenvalue weighted by Crippen LogP contribution is 2.51. The third kappa shape index (κ3) is 3.19. The van der Waals surface area contributed by atoms with Gasteiger partial charge in [-0.25, -0.2) is 0 Å². The number of benzene rings is 1. The summed E-state index contributed by atoms with van der Waals surface area (Å²) in [7, 11) is 1.44. The van der Waals surface area contributed by atoms with E-state index < -0.39 is 5.92 Å². The van der Waals surface area contributed by atoms with E-state index in [0.717, 1.165) is 11.3 Å². The van der Waals surface area contributed by atoms with Gasteiger partial charge in [0.05, 0.1) is 22.8 Å². The topological polar surface area (TPSA) is 101 Å². The van der Waals surface area contributed by atoms with Gasteiger partial charge in [-0.1, -0.05) is 43.1 Å². The normalized spacial score (nSPS) is 19.5. The smallest absolute Gasteiger partial charge is 0.235 e. The van der Waals surface area contributed by atoms with Crippen molar-refractivity contribution in [1.82, 2.24) is 4.98 Å². The van der Waals surface area contributed by atoms with E-state index in [9.17, 15) is 10.1 Å². The summed E-state index contributed by atoms with van der Waals surface area (Å²) in [6.07, 6.45) is 1.09. The lowest BCUT2D eigenvalue weighted by atomic mass is 9.69. The molecule has 6 nitrogen and oxygen atoms in total. The number of hydrogen-bond donors (Lipinski definition) is 2. The molecule has 1 unspecified atom stereocenters. The number of nitrogen functional groups attached to an aromatic ring is 1. The Hall–Kier alpha value is -2.75. The third-order valence-electron chi connectivity index (χ3n) is 5.59.